The maximum Gasteiger partial charge on any atom is 0.189 e. The lowest BCUT2D eigenvalue weighted by molar-refractivity contribution is 0.0381. The Morgan fingerprint density at radius 1 is 1.00 bits per heavy atom. The fourth-order valence-corrected chi connectivity index (χ4v) is 5.08. The van der Waals surface area contributed by atoms with E-state index in [0.717, 1.165) is 35.1 Å². The second-order valence-corrected chi connectivity index (χ2v) is 11.7. The topological polar surface area (TPSA) is 61.6 Å². The number of allylic oxidation sites excluding steroid dienone is 2. The SMILES string of the molecule is COc1ccc([C@H]2COC(C(C)(C)C)=N2)cc1CC(C)(C)C1=N[C@@H](C2(C)C=CC=C[C@H]2OC)CO1. The number of nitrogens with zero attached hydrogens (tertiary/aromatic N) is 2. The summed E-state index contributed by atoms with van der Waals surface area (Å²) in [6, 6.07) is 6.32. The summed E-state index contributed by atoms with van der Waals surface area (Å²) < 4.78 is 23.6. The summed E-state index contributed by atoms with van der Waals surface area (Å²) in [6.45, 7) is 14.1. The standard InChI is InChI=1S/C29H40N2O4/c1-27(2,3)25-30-21(17-34-25)19-12-13-22(32-7)20(15-19)16-28(4,5)26-31-23(18-35-26)29(6)14-10-9-11-24(29)33-8/h9-15,21,23-24H,16-18H2,1-8H3/t21-,23-,24-,29?/m1/s1. The third-order valence-electron chi connectivity index (χ3n) is 7.28. The molecule has 0 saturated carbocycles. The summed E-state index contributed by atoms with van der Waals surface area (Å²) in [7, 11) is 3.47. The first-order chi connectivity index (χ1) is 16.5. The number of hydrogen-bond acceptors (Lipinski definition) is 6. The molecule has 2 aliphatic heterocycles. The van der Waals surface area contributed by atoms with E-state index >= 15 is 0 Å². The molecule has 1 aliphatic carbocycles. The van der Waals surface area contributed by atoms with Gasteiger partial charge in [0.2, 0.25) is 0 Å². The van der Waals surface area contributed by atoms with Crippen molar-refractivity contribution in [3.63, 3.8) is 0 Å². The lowest BCUT2D eigenvalue weighted by Crippen LogP contribution is -2.42. The molecule has 3 aliphatic rings. The van der Waals surface area contributed by atoms with E-state index in [2.05, 4.69) is 71.9 Å². The number of benzene rings is 1. The highest BCUT2D eigenvalue weighted by atomic mass is 16.5. The highest BCUT2D eigenvalue weighted by Crippen LogP contribution is 2.40. The number of methoxy groups -OCH3 is 2. The van der Waals surface area contributed by atoms with Crippen LogP contribution in [0.2, 0.25) is 0 Å². The minimum atomic E-state index is -0.306. The Kier molecular flexibility index (Phi) is 6.89. The quantitative estimate of drug-likeness (QED) is 0.500. The minimum Gasteiger partial charge on any atom is -0.496 e. The van der Waals surface area contributed by atoms with Gasteiger partial charge in [-0.3, -0.25) is 0 Å². The Morgan fingerprint density at radius 2 is 1.74 bits per heavy atom. The first-order valence-electron chi connectivity index (χ1n) is 12.5. The molecule has 6 heteroatoms. The smallest absolute Gasteiger partial charge is 0.189 e. The molecule has 4 rings (SSSR count). The van der Waals surface area contributed by atoms with E-state index in [1.54, 1.807) is 14.2 Å². The lowest BCUT2D eigenvalue weighted by Gasteiger charge is -2.36. The van der Waals surface area contributed by atoms with E-state index in [1.165, 1.54) is 0 Å². The zero-order valence-electron chi connectivity index (χ0n) is 22.4. The molecule has 1 aromatic carbocycles. The molecule has 4 atom stereocenters. The van der Waals surface area contributed by atoms with Crippen LogP contribution in [0.25, 0.3) is 0 Å². The van der Waals surface area contributed by atoms with Gasteiger partial charge in [-0.25, -0.2) is 9.98 Å². The van der Waals surface area contributed by atoms with Crippen molar-refractivity contribution in [2.24, 2.45) is 26.2 Å². The Bertz CT molecular complexity index is 1060. The van der Waals surface area contributed by atoms with Crippen LogP contribution in [0.4, 0.5) is 0 Å². The van der Waals surface area contributed by atoms with E-state index in [1.807, 2.05) is 12.1 Å². The maximum absolute atomic E-state index is 6.22. The molecule has 0 fully saturated rings. The summed E-state index contributed by atoms with van der Waals surface area (Å²) in [6.07, 6.45) is 9.09. The van der Waals surface area contributed by atoms with Crippen molar-refractivity contribution < 1.29 is 18.9 Å². The average Bonchev–Trinajstić information content (AvgIpc) is 3.50. The molecule has 190 valence electrons. The van der Waals surface area contributed by atoms with Crippen molar-refractivity contribution >= 4 is 11.8 Å². The number of hydrogen-bond donors (Lipinski definition) is 0. The Labute approximate surface area is 210 Å². The van der Waals surface area contributed by atoms with Crippen molar-refractivity contribution in [3.8, 4) is 5.75 Å². The van der Waals surface area contributed by atoms with Gasteiger partial charge in [0.15, 0.2) is 11.8 Å². The van der Waals surface area contributed by atoms with Crippen LogP contribution in [0.3, 0.4) is 0 Å². The van der Waals surface area contributed by atoms with E-state index < -0.39 is 0 Å². The first kappa shape index (κ1) is 25.5. The van der Waals surface area contributed by atoms with Crippen LogP contribution in [-0.4, -0.2) is 51.4 Å². The van der Waals surface area contributed by atoms with Crippen molar-refractivity contribution in [2.75, 3.05) is 27.4 Å². The normalized spacial score (nSPS) is 28.4. The molecule has 6 nitrogen and oxygen atoms in total. The zero-order valence-corrected chi connectivity index (χ0v) is 22.4. The second-order valence-electron chi connectivity index (χ2n) is 11.7. The number of aliphatic imine (C=N–C) groups is 2. The van der Waals surface area contributed by atoms with Crippen LogP contribution in [0, 0.1) is 16.2 Å². The van der Waals surface area contributed by atoms with E-state index in [4.69, 9.17) is 28.9 Å². The van der Waals surface area contributed by atoms with E-state index in [-0.39, 0.29) is 34.4 Å². The van der Waals surface area contributed by atoms with Crippen LogP contribution < -0.4 is 4.74 Å². The molecular weight excluding hydrogens is 440 g/mol. The molecule has 0 radical (unpaired) electrons. The summed E-state index contributed by atoms with van der Waals surface area (Å²) >= 11 is 0. The maximum atomic E-state index is 6.22. The summed E-state index contributed by atoms with van der Waals surface area (Å²) in [5.41, 5.74) is 1.61. The molecule has 0 saturated heterocycles. The van der Waals surface area contributed by atoms with Crippen molar-refractivity contribution in [1.82, 2.24) is 0 Å². The summed E-state index contributed by atoms with van der Waals surface area (Å²) in [4.78, 5) is 9.95. The second kappa shape index (κ2) is 9.45. The molecule has 1 unspecified atom stereocenters. The van der Waals surface area contributed by atoms with Crippen LogP contribution in [0.15, 0.2) is 52.5 Å². The zero-order chi connectivity index (χ0) is 25.4. The van der Waals surface area contributed by atoms with Gasteiger partial charge in [-0.15, -0.1) is 0 Å². The molecule has 0 bridgehead atoms. The van der Waals surface area contributed by atoms with Gasteiger partial charge < -0.3 is 18.9 Å². The van der Waals surface area contributed by atoms with Crippen LogP contribution in [-0.2, 0) is 20.6 Å². The van der Waals surface area contributed by atoms with Gasteiger partial charge in [0, 0.05) is 23.4 Å². The van der Waals surface area contributed by atoms with Crippen LogP contribution in [0.5, 0.6) is 5.75 Å². The third-order valence-corrected chi connectivity index (χ3v) is 7.28. The van der Waals surface area contributed by atoms with Crippen LogP contribution >= 0.6 is 0 Å². The Hall–Kier alpha value is -2.60. The fourth-order valence-electron chi connectivity index (χ4n) is 5.08. The number of ether oxygens (including phenoxy) is 4. The molecule has 0 amide bonds. The van der Waals surface area contributed by atoms with Gasteiger partial charge in [-0.1, -0.05) is 71.9 Å². The van der Waals surface area contributed by atoms with E-state index in [0.29, 0.717) is 13.2 Å². The highest BCUT2D eigenvalue weighted by Gasteiger charge is 2.45. The van der Waals surface area contributed by atoms with Crippen molar-refractivity contribution in [1.29, 1.82) is 0 Å². The Balaban J connectivity index is 1.57. The largest absolute Gasteiger partial charge is 0.496 e. The van der Waals surface area contributed by atoms with Gasteiger partial charge in [-0.05, 0) is 29.7 Å². The van der Waals surface area contributed by atoms with Gasteiger partial charge in [-0.2, -0.15) is 0 Å². The Morgan fingerprint density at radius 3 is 2.40 bits per heavy atom. The predicted molar refractivity (Wildman–Crippen MR) is 140 cm³/mol. The average molecular weight is 481 g/mol. The third kappa shape index (κ3) is 5.04. The molecule has 0 N–H and O–H groups in total. The summed E-state index contributed by atoms with van der Waals surface area (Å²) in [5, 5.41) is 0. The molecule has 0 spiro atoms. The molecule has 35 heavy (non-hydrogen) atoms. The van der Waals surface area contributed by atoms with Crippen LogP contribution in [0.1, 0.15) is 58.7 Å². The van der Waals surface area contributed by atoms with Crippen molar-refractivity contribution in [3.05, 3.63) is 53.6 Å². The monoisotopic (exact) mass is 480 g/mol. The lowest BCUT2D eigenvalue weighted by atomic mass is 9.75. The first-order valence-corrected chi connectivity index (χ1v) is 12.5. The van der Waals surface area contributed by atoms with E-state index in [9.17, 15) is 0 Å². The minimum absolute atomic E-state index is 0.00137. The van der Waals surface area contributed by atoms with Gasteiger partial charge in [0.25, 0.3) is 0 Å². The molecule has 0 aromatic heterocycles. The fraction of sp³-hybridized carbons (Fsp3) is 0.586. The predicted octanol–water partition coefficient (Wildman–Crippen LogP) is 5.72. The van der Waals surface area contributed by atoms with Gasteiger partial charge in [0.1, 0.15) is 25.0 Å². The summed E-state index contributed by atoms with van der Waals surface area (Å²) in [5.74, 6) is 2.46. The van der Waals surface area contributed by atoms with Gasteiger partial charge in [0.05, 0.1) is 19.3 Å². The highest BCUT2D eigenvalue weighted by molar-refractivity contribution is 5.84. The molecule has 1 aromatic rings. The molecule has 2 heterocycles. The van der Waals surface area contributed by atoms with Gasteiger partial charge >= 0.3 is 0 Å². The number of rotatable bonds is 7. The molecular formula is C29H40N2O4. The van der Waals surface area contributed by atoms with Crippen molar-refractivity contribution in [2.45, 2.75) is 66.2 Å².